The van der Waals surface area contributed by atoms with Gasteiger partial charge in [-0.2, -0.15) is 0 Å². The van der Waals surface area contributed by atoms with Crippen LogP contribution in [-0.4, -0.2) is 13.2 Å². The zero-order valence-corrected chi connectivity index (χ0v) is 13.5. The van der Waals surface area contributed by atoms with Gasteiger partial charge in [0.05, 0.1) is 7.11 Å². The van der Waals surface area contributed by atoms with Gasteiger partial charge in [-0.25, -0.2) is 0 Å². The van der Waals surface area contributed by atoms with Gasteiger partial charge in [-0.05, 0) is 48.7 Å². The minimum atomic E-state index is 0.701. The molecule has 1 N–H and O–H groups in total. The Labute approximate surface area is 134 Å². The lowest BCUT2D eigenvalue weighted by Gasteiger charge is -2.08. The van der Waals surface area contributed by atoms with Crippen molar-refractivity contribution >= 4 is 23.4 Å². The van der Waals surface area contributed by atoms with Crippen molar-refractivity contribution in [1.29, 1.82) is 0 Å². The molecule has 0 aliphatic heterocycles. The molecule has 1 saturated carbocycles. The molecule has 110 valence electrons. The second kappa shape index (κ2) is 6.73. The molecule has 0 saturated heterocycles. The summed E-state index contributed by atoms with van der Waals surface area (Å²) < 4.78 is 5.25. The topological polar surface area (TPSA) is 21.3 Å². The fourth-order valence-electron chi connectivity index (χ4n) is 2.08. The third-order valence-electron chi connectivity index (χ3n) is 3.46. The summed E-state index contributed by atoms with van der Waals surface area (Å²) >= 11 is 8.07. The number of benzene rings is 2. The lowest BCUT2D eigenvalue weighted by Crippen LogP contribution is -2.15. The van der Waals surface area contributed by atoms with Gasteiger partial charge in [0.1, 0.15) is 5.75 Å². The van der Waals surface area contributed by atoms with Gasteiger partial charge in [0.15, 0.2) is 0 Å². The summed E-state index contributed by atoms with van der Waals surface area (Å²) in [5.74, 6) is 0.872. The monoisotopic (exact) mass is 319 g/mol. The first-order valence-corrected chi connectivity index (χ1v) is 8.28. The smallest absolute Gasteiger partial charge is 0.119 e. The van der Waals surface area contributed by atoms with Gasteiger partial charge >= 0.3 is 0 Å². The highest BCUT2D eigenvalue weighted by molar-refractivity contribution is 7.99. The average Bonchev–Trinajstić information content (AvgIpc) is 3.31. The summed E-state index contributed by atoms with van der Waals surface area (Å²) in [5, 5.41) is 4.32. The SMILES string of the molecule is COc1cccc(Sc2ccc(CNC3CC3)c(Cl)c2)c1. The van der Waals surface area contributed by atoms with E-state index in [0.29, 0.717) is 6.04 Å². The molecule has 3 rings (SSSR count). The lowest BCUT2D eigenvalue weighted by molar-refractivity contribution is 0.413. The van der Waals surface area contributed by atoms with E-state index in [2.05, 4.69) is 23.5 Å². The van der Waals surface area contributed by atoms with Crippen LogP contribution in [0.2, 0.25) is 5.02 Å². The van der Waals surface area contributed by atoms with Crippen molar-refractivity contribution in [3.8, 4) is 5.75 Å². The quantitative estimate of drug-likeness (QED) is 0.830. The summed E-state index contributed by atoms with van der Waals surface area (Å²) in [7, 11) is 1.68. The van der Waals surface area contributed by atoms with Crippen LogP contribution < -0.4 is 10.1 Å². The molecule has 0 amide bonds. The largest absolute Gasteiger partial charge is 0.497 e. The Morgan fingerprint density at radius 1 is 1.19 bits per heavy atom. The molecule has 0 atom stereocenters. The highest BCUT2D eigenvalue weighted by Gasteiger charge is 2.20. The Morgan fingerprint density at radius 3 is 2.71 bits per heavy atom. The second-order valence-electron chi connectivity index (χ2n) is 5.19. The van der Waals surface area contributed by atoms with Crippen molar-refractivity contribution in [1.82, 2.24) is 5.32 Å². The summed E-state index contributed by atoms with van der Waals surface area (Å²) in [5.41, 5.74) is 1.17. The van der Waals surface area contributed by atoms with Crippen LogP contribution in [0.5, 0.6) is 5.75 Å². The molecule has 1 fully saturated rings. The summed E-state index contributed by atoms with van der Waals surface area (Å²) in [6.45, 7) is 0.855. The van der Waals surface area contributed by atoms with Crippen LogP contribution in [0.4, 0.5) is 0 Å². The normalized spacial score (nSPS) is 14.2. The van der Waals surface area contributed by atoms with E-state index in [-0.39, 0.29) is 0 Å². The number of ether oxygens (including phenoxy) is 1. The molecule has 0 spiro atoms. The number of rotatable bonds is 6. The van der Waals surface area contributed by atoms with Gasteiger partial charge in [0, 0.05) is 27.4 Å². The van der Waals surface area contributed by atoms with E-state index in [9.17, 15) is 0 Å². The van der Waals surface area contributed by atoms with E-state index < -0.39 is 0 Å². The first kappa shape index (κ1) is 14.8. The standard InChI is InChI=1S/C17H18ClNOS/c1-20-14-3-2-4-15(9-14)21-16-8-5-12(17(18)10-16)11-19-13-6-7-13/h2-5,8-10,13,19H,6-7,11H2,1H3. The maximum atomic E-state index is 6.38. The van der Waals surface area contributed by atoms with Gasteiger partial charge < -0.3 is 10.1 Å². The third-order valence-corrected chi connectivity index (χ3v) is 4.79. The van der Waals surface area contributed by atoms with Crippen LogP contribution in [0.3, 0.4) is 0 Å². The minimum Gasteiger partial charge on any atom is -0.497 e. The van der Waals surface area contributed by atoms with Crippen LogP contribution in [0.25, 0.3) is 0 Å². The first-order chi connectivity index (χ1) is 10.2. The zero-order valence-electron chi connectivity index (χ0n) is 11.9. The lowest BCUT2D eigenvalue weighted by atomic mass is 10.2. The van der Waals surface area contributed by atoms with Gasteiger partial charge in [0.2, 0.25) is 0 Å². The first-order valence-electron chi connectivity index (χ1n) is 7.08. The van der Waals surface area contributed by atoms with Crippen LogP contribution in [0, 0.1) is 0 Å². The maximum Gasteiger partial charge on any atom is 0.119 e. The molecule has 1 aliphatic rings. The van der Waals surface area contributed by atoms with Gasteiger partial charge in [-0.1, -0.05) is 35.5 Å². The number of halogens is 1. The van der Waals surface area contributed by atoms with Crippen molar-refractivity contribution in [3.05, 3.63) is 53.1 Å². The fourth-order valence-corrected chi connectivity index (χ4v) is 3.30. The molecule has 0 bridgehead atoms. The predicted molar refractivity (Wildman–Crippen MR) is 88.4 cm³/mol. The Hall–Kier alpha value is -1.16. The third kappa shape index (κ3) is 4.16. The Bertz CT molecular complexity index is 628. The maximum absolute atomic E-state index is 6.38. The molecule has 0 unspecified atom stereocenters. The molecule has 0 aromatic heterocycles. The Kier molecular flexibility index (Phi) is 4.73. The zero-order chi connectivity index (χ0) is 14.7. The highest BCUT2D eigenvalue weighted by Crippen LogP contribution is 2.32. The van der Waals surface area contributed by atoms with Crippen LogP contribution in [-0.2, 0) is 6.54 Å². The highest BCUT2D eigenvalue weighted by atomic mass is 35.5. The Morgan fingerprint density at radius 2 is 2.00 bits per heavy atom. The molecule has 4 heteroatoms. The summed E-state index contributed by atoms with van der Waals surface area (Å²) in [4.78, 5) is 2.29. The Balaban J connectivity index is 1.68. The van der Waals surface area contributed by atoms with E-state index in [1.807, 2.05) is 24.3 Å². The van der Waals surface area contributed by atoms with E-state index >= 15 is 0 Å². The molecule has 2 aromatic carbocycles. The molecule has 1 aliphatic carbocycles. The van der Waals surface area contributed by atoms with E-state index in [1.165, 1.54) is 18.4 Å². The average molecular weight is 320 g/mol. The van der Waals surface area contributed by atoms with Crippen LogP contribution in [0.15, 0.2) is 52.3 Å². The van der Waals surface area contributed by atoms with E-state index in [1.54, 1.807) is 18.9 Å². The fraction of sp³-hybridized carbons (Fsp3) is 0.294. The van der Waals surface area contributed by atoms with Gasteiger partial charge in [-0.15, -0.1) is 0 Å². The molecule has 2 nitrogen and oxygen atoms in total. The molecule has 2 aromatic rings. The number of hydrogen-bond acceptors (Lipinski definition) is 3. The van der Waals surface area contributed by atoms with Gasteiger partial charge in [-0.3, -0.25) is 0 Å². The van der Waals surface area contributed by atoms with Crippen molar-refractivity contribution in [3.63, 3.8) is 0 Å². The van der Waals surface area contributed by atoms with Crippen LogP contribution in [0.1, 0.15) is 18.4 Å². The number of nitrogens with one attached hydrogen (secondary N) is 1. The molecular weight excluding hydrogens is 302 g/mol. The summed E-state index contributed by atoms with van der Waals surface area (Å²) in [6.07, 6.45) is 2.59. The van der Waals surface area contributed by atoms with Crippen LogP contribution >= 0.6 is 23.4 Å². The molecular formula is C17H18ClNOS. The van der Waals surface area contributed by atoms with Gasteiger partial charge in [0.25, 0.3) is 0 Å². The molecule has 0 radical (unpaired) electrons. The number of hydrogen-bond donors (Lipinski definition) is 1. The predicted octanol–water partition coefficient (Wildman–Crippen LogP) is 4.75. The minimum absolute atomic E-state index is 0.701. The molecule has 0 heterocycles. The second-order valence-corrected chi connectivity index (χ2v) is 6.74. The summed E-state index contributed by atoms with van der Waals surface area (Å²) in [6, 6.07) is 15.0. The van der Waals surface area contributed by atoms with Crippen molar-refractivity contribution in [2.24, 2.45) is 0 Å². The van der Waals surface area contributed by atoms with E-state index in [4.69, 9.17) is 16.3 Å². The van der Waals surface area contributed by atoms with Crippen molar-refractivity contribution in [2.75, 3.05) is 7.11 Å². The van der Waals surface area contributed by atoms with Crippen molar-refractivity contribution < 1.29 is 4.74 Å². The van der Waals surface area contributed by atoms with E-state index in [0.717, 1.165) is 27.1 Å². The molecule has 21 heavy (non-hydrogen) atoms. The van der Waals surface area contributed by atoms with Crippen molar-refractivity contribution in [2.45, 2.75) is 35.2 Å². The number of methoxy groups -OCH3 is 1.